The highest BCUT2D eigenvalue weighted by Crippen LogP contribution is 2.32. The summed E-state index contributed by atoms with van der Waals surface area (Å²) in [5.41, 5.74) is 3.06. The molecule has 0 atom stereocenters. The molecular weight excluding hydrogens is 431 g/mol. The fourth-order valence-electron chi connectivity index (χ4n) is 2.95. The average molecular weight is 453 g/mol. The van der Waals surface area contributed by atoms with Gasteiger partial charge in [-0.25, -0.2) is 12.8 Å². The van der Waals surface area contributed by atoms with Crippen LogP contribution in [0.3, 0.4) is 0 Å². The molecule has 158 valence electrons. The summed E-state index contributed by atoms with van der Waals surface area (Å²) in [6.07, 6.45) is 0. The zero-order valence-corrected chi connectivity index (χ0v) is 18.7. The van der Waals surface area contributed by atoms with Crippen molar-refractivity contribution in [3.8, 4) is 6.07 Å². The zero-order valence-electron chi connectivity index (χ0n) is 17.1. The Bertz CT molecular complexity index is 1260. The van der Waals surface area contributed by atoms with Gasteiger partial charge in [-0.2, -0.15) is 5.26 Å². The van der Waals surface area contributed by atoms with E-state index in [2.05, 4.69) is 5.32 Å². The summed E-state index contributed by atoms with van der Waals surface area (Å²) in [6, 6.07) is 21.6. The van der Waals surface area contributed by atoms with Crippen LogP contribution in [0.2, 0.25) is 0 Å². The third-order valence-electron chi connectivity index (χ3n) is 4.59. The Kier molecular flexibility index (Phi) is 7.16. The second kappa shape index (κ2) is 9.82. The zero-order chi connectivity index (χ0) is 22.4. The van der Waals surface area contributed by atoms with E-state index >= 15 is 0 Å². The molecule has 1 N–H and O–H groups in total. The molecule has 0 saturated heterocycles. The number of sulfone groups is 1. The van der Waals surface area contributed by atoms with Crippen LogP contribution in [-0.4, -0.2) is 8.42 Å². The first kappa shape index (κ1) is 22.6. The van der Waals surface area contributed by atoms with Crippen LogP contribution in [0.15, 0.2) is 87.6 Å². The minimum atomic E-state index is -4.06. The lowest BCUT2D eigenvalue weighted by Crippen LogP contribution is -2.11. The molecule has 0 bridgehead atoms. The summed E-state index contributed by atoms with van der Waals surface area (Å²) in [7, 11) is -4.06. The second-order valence-corrected chi connectivity index (χ2v) is 9.78. The first-order valence-corrected chi connectivity index (χ1v) is 11.9. The highest BCUT2D eigenvalue weighted by molar-refractivity contribution is 8.04. The Labute approximate surface area is 186 Å². The molecule has 0 radical (unpaired) electrons. The number of hydrogen-bond acceptors (Lipinski definition) is 5. The molecule has 0 aliphatic heterocycles. The van der Waals surface area contributed by atoms with E-state index in [1.807, 2.05) is 38.1 Å². The van der Waals surface area contributed by atoms with E-state index in [4.69, 9.17) is 0 Å². The normalized spacial score (nSPS) is 12.1. The third kappa shape index (κ3) is 5.35. The number of nitriles is 1. The Morgan fingerprint density at radius 2 is 1.71 bits per heavy atom. The first-order chi connectivity index (χ1) is 14.8. The summed E-state index contributed by atoms with van der Waals surface area (Å²) in [5, 5.41) is 13.1. The van der Waals surface area contributed by atoms with Crippen LogP contribution in [0, 0.1) is 31.0 Å². The van der Waals surface area contributed by atoms with Crippen molar-refractivity contribution < 1.29 is 12.8 Å². The van der Waals surface area contributed by atoms with Crippen LogP contribution >= 0.6 is 11.8 Å². The predicted molar refractivity (Wildman–Crippen MR) is 124 cm³/mol. The number of rotatable bonds is 7. The number of halogens is 1. The van der Waals surface area contributed by atoms with E-state index in [0.717, 1.165) is 22.9 Å². The van der Waals surface area contributed by atoms with Crippen LogP contribution in [0.1, 0.15) is 16.7 Å². The van der Waals surface area contributed by atoms with Gasteiger partial charge in [0.15, 0.2) is 4.91 Å². The lowest BCUT2D eigenvalue weighted by Gasteiger charge is -2.16. The van der Waals surface area contributed by atoms with Crippen molar-refractivity contribution in [2.75, 3.05) is 5.32 Å². The van der Waals surface area contributed by atoms with Crippen LogP contribution in [-0.2, 0) is 15.6 Å². The second-order valence-electron chi connectivity index (χ2n) is 6.91. The van der Waals surface area contributed by atoms with Crippen molar-refractivity contribution in [2.24, 2.45) is 0 Å². The fraction of sp³-hybridized carbons (Fsp3) is 0.125. The lowest BCUT2D eigenvalue weighted by molar-refractivity contribution is 0.603. The topological polar surface area (TPSA) is 70.0 Å². The van der Waals surface area contributed by atoms with Gasteiger partial charge in [0.2, 0.25) is 9.84 Å². The number of nitrogens with zero attached hydrogens (tertiary/aromatic N) is 1. The van der Waals surface area contributed by atoms with Gasteiger partial charge in [0.1, 0.15) is 16.9 Å². The molecule has 0 spiro atoms. The number of thioether (sulfide) groups is 1. The molecular formula is C24H21FN2O2S2. The molecule has 0 saturated carbocycles. The van der Waals surface area contributed by atoms with Crippen molar-refractivity contribution in [1.29, 1.82) is 5.26 Å². The van der Waals surface area contributed by atoms with E-state index < -0.39 is 14.7 Å². The Balaban J connectivity index is 2.08. The summed E-state index contributed by atoms with van der Waals surface area (Å²) >= 11 is 1.08. The minimum absolute atomic E-state index is 0.0259. The molecule has 7 heteroatoms. The molecule has 3 aromatic carbocycles. The van der Waals surface area contributed by atoms with Gasteiger partial charge in [-0.1, -0.05) is 54.1 Å². The maximum Gasteiger partial charge on any atom is 0.219 e. The van der Waals surface area contributed by atoms with E-state index in [1.165, 1.54) is 18.2 Å². The van der Waals surface area contributed by atoms with Gasteiger partial charge < -0.3 is 5.32 Å². The van der Waals surface area contributed by atoms with Gasteiger partial charge in [0.25, 0.3) is 0 Å². The van der Waals surface area contributed by atoms with Gasteiger partial charge in [-0.15, -0.1) is 11.8 Å². The maximum atomic E-state index is 14.1. The van der Waals surface area contributed by atoms with E-state index in [9.17, 15) is 18.1 Å². The molecule has 0 aromatic heterocycles. The number of anilines is 1. The SMILES string of the molecule is Cc1ccc(NC(SCc2ccccc2F)=C(C#N)S(=O)(=O)c2ccccc2)c(C)c1. The number of hydrogen-bond donors (Lipinski definition) is 1. The van der Waals surface area contributed by atoms with Crippen molar-refractivity contribution in [1.82, 2.24) is 0 Å². The summed E-state index contributed by atoms with van der Waals surface area (Å²) < 4.78 is 40.5. The molecule has 4 nitrogen and oxygen atoms in total. The number of aryl methyl sites for hydroxylation is 2. The van der Waals surface area contributed by atoms with E-state index in [1.54, 1.807) is 36.4 Å². The van der Waals surface area contributed by atoms with E-state index in [-0.39, 0.29) is 21.5 Å². The summed E-state index contributed by atoms with van der Waals surface area (Å²) in [5.74, 6) is -0.222. The average Bonchev–Trinajstić information content (AvgIpc) is 2.75. The van der Waals surface area contributed by atoms with Crippen molar-refractivity contribution in [3.05, 3.63) is 105 Å². The number of nitrogens with one attached hydrogen (secondary N) is 1. The summed E-state index contributed by atoms with van der Waals surface area (Å²) in [4.78, 5) is -0.377. The fourth-order valence-corrected chi connectivity index (χ4v) is 5.52. The highest BCUT2D eigenvalue weighted by Gasteiger charge is 2.26. The smallest absolute Gasteiger partial charge is 0.219 e. The predicted octanol–water partition coefficient (Wildman–Crippen LogP) is 5.95. The van der Waals surface area contributed by atoms with Crippen LogP contribution in [0.4, 0.5) is 10.1 Å². The minimum Gasteiger partial charge on any atom is -0.348 e. The Morgan fingerprint density at radius 1 is 1.03 bits per heavy atom. The molecule has 0 aliphatic carbocycles. The van der Waals surface area contributed by atoms with Gasteiger partial charge >= 0.3 is 0 Å². The van der Waals surface area contributed by atoms with Crippen molar-refractivity contribution in [3.63, 3.8) is 0 Å². The maximum absolute atomic E-state index is 14.1. The lowest BCUT2D eigenvalue weighted by atomic mass is 10.1. The van der Waals surface area contributed by atoms with Crippen LogP contribution in [0.25, 0.3) is 0 Å². The van der Waals surface area contributed by atoms with Crippen molar-refractivity contribution in [2.45, 2.75) is 24.5 Å². The Hall–Kier alpha value is -3.08. The van der Waals surface area contributed by atoms with Crippen LogP contribution < -0.4 is 5.32 Å². The monoisotopic (exact) mass is 452 g/mol. The number of allylic oxidation sites excluding steroid dienone is 1. The molecule has 3 rings (SSSR count). The largest absolute Gasteiger partial charge is 0.348 e. The molecule has 0 amide bonds. The van der Waals surface area contributed by atoms with Crippen LogP contribution in [0.5, 0.6) is 0 Å². The molecule has 31 heavy (non-hydrogen) atoms. The highest BCUT2D eigenvalue weighted by atomic mass is 32.2. The van der Waals surface area contributed by atoms with E-state index in [0.29, 0.717) is 11.3 Å². The molecule has 3 aromatic rings. The molecule has 0 heterocycles. The first-order valence-electron chi connectivity index (χ1n) is 9.48. The molecule has 0 unspecified atom stereocenters. The van der Waals surface area contributed by atoms with Gasteiger partial charge in [0, 0.05) is 11.4 Å². The van der Waals surface area contributed by atoms with Gasteiger partial charge in [-0.3, -0.25) is 0 Å². The standard InChI is InChI=1S/C24H21FN2O2S2/c1-17-12-13-22(18(2)14-17)27-24(30-16-19-8-6-7-11-21(19)25)23(15-26)31(28,29)20-9-4-3-5-10-20/h3-14,27H,16H2,1-2H3. The third-order valence-corrected chi connectivity index (χ3v) is 7.50. The quantitative estimate of drug-likeness (QED) is 0.448. The van der Waals surface area contributed by atoms with Gasteiger partial charge in [-0.05, 0) is 49.2 Å². The van der Waals surface area contributed by atoms with Crippen molar-refractivity contribution >= 4 is 27.3 Å². The van der Waals surface area contributed by atoms with Gasteiger partial charge in [0.05, 0.1) is 4.90 Å². The number of benzene rings is 3. The Morgan fingerprint density at radius 3 is 2.35 bits per heavy atom. The molecule has 0 aliphatic rings. The summed E-state index contributed by atoms with van der Waals surface area (Å²) in [6.45, 7) is 3.85. The molecule has 0 fully saturated rings.